The van der Waals surface area contributed by atoms with E-state index in [0.29, 0.717) is 16.9 Å². The van der Waals surface area contributed by atoms with Crippen molar-refractivity contribution in [3.63, 3.8) is 0 Å². The summed E-state index contributed by atoms with van der Waals surface area (Å²) in [6.45, 7) is 0. The van der Waals surface area contributed by atoms with Gasteiger partial charge < -0.3 is 5.32 Å². The quantitative estimate of drug-likeness (QED) is 0.737. The van der Waals surface area contributed by atoms with E-state index in [0.717, 1.165) is 0 Å². The highest BCUT2D eigenvalue weighted by molar-refractivity contribution is 7.92. The fraction of sp³-hybridized carbons (Fsp3) is 0. The molecule has 0 aliphatic carbocycles. The number of amides is 1. The molecule has 3 aromatic rings. The first-order valence-corrected chi connectivity index (χ1v) is 8.92. The van der Waals surface area contributed by atoms with Gasteiger partial charge >= 0.3 is 0 Å². The monoisotopic (exact) mass is 353 g/mol. The molecule has 0 unspecified atom stereocenters. The molecule has 0 radical (unpaired) electrons. The third-order valence-corrected chi connectivity index (χ3v) is 4.77. The van der Waals surface area contributed by atoms with Gasteiger partial charge in [-0.1, -0.05) is 18.2 Å². The van der Waals surface area contributed by atoms with E-state index in [1.54, 1.807) is 54.7 Å². The molecule has 126 valence electrons. The molecule has 7 heteroatoms. The van der Waals surface area contributed by atoms with Crippen LogP contribution in [0, 0.1) is 0 Å². The van der Waals surface area contributed by atoms with Crippen LogP contribution in [0.2, 0.25) is 0 Å². The Bertz CT molecular complexity index is 957. The van der Waals surface area contributed by atoms with Crippen molar-refractivity contribution >= 4 is 27.3 Å². The van der Waals surface area contributed by atoms with Gasteiger partial charge in [0, 0.05) is 17.4 Å². The summed E-state index contributed by atoms with van der Waals surface area (Å²) in [7, 11) is -3.71. The fourth-order valence-corrected chi connectivity index (χ4v) is 3.19. The molecule has 1 aromatic heterocycles. The van der Waals surface area contributed by atoms with Crippen molar-refractivity contribution in [2.24, 2.45) is 0 Å². The Hall–Kier alpha value is -3.19. The van der Waals surface area contributed by atoms with Crippen LogP contribution in [-0.4, -0.2) is 19.3 Å². The number of aromatic nitrogens is 1. The Morgan fingerprint density at radius 2 is 1.56 bits per heavy atom. The topological polar surface area (TPSA) is 88.2 Å². The molecule has 6 nitrogen and oxygen atoms in total. The summed E-state index contributed by atoms with van der Waals surface area (Å²) in [5, 5.41) is 2.72. The van der Waals surface area contributed by atoms with E-state index >= 15 is 0 Å². The van der Waals surface area contributed by atoms with E-state index in [4.69, 9.17) is 0 Å². The average molecular weight is 353 g/mol. The largest absolute Gasteiger partial charge is 0.322 e. The van der Waals surface area contributed by atoms with Crippen molar-refractivity contribution < 1.29 is 13.2 Å². The molecule has 1 heterocycles. The van der Waals surface area contributed by atoms with Gasteiger partial charge in [0.1, 0.15) is 0 Å². The van der Waals surface area contributed by atoms with Crippen LogP contribution in [0.3, 0.4) is 0 Å². The van der Waals surface area contributed by atoms with Crippen LogP contribution in [0.1, 0.15) is 10.4 Å². The normalized spacial score (nSPS) is 10.9. The molecule has 1 amide bonds. The Kier molecular flexibility index (Phi) is 4.76. The number of anilines is 2. The van der Waals surface area contributed by atoms with Crippen LogP contribution in [0.4, 0.5) is 11.4 Å². The summed E-state index contributed by atoms with van der Waals surface area (Å²) in [5.41, 5.74) is 1.41. The molecule has 2 N–H and O–H groups in total. The minimum atomic E-state index is -3.71. The van der Waals surface area contributed by atoms with E-state index in [1.807, 2.05) is 6.07 Å². The molecule has 0 saturated carbocycles. The predicted octanol–water partition coefficient (Wildman–Crippen LogP) is 3.13. The molecule has 0 aliphatic rings. The zero-order valence-electron chi connectivity index (χ0n) is 13.1. The van der Waals surface area contributed by atoms with Gasteiger partial charge in [0.05, 0.1) is 16.8 Å². The number of pyridine rings is 1. The standard InChI is InChI=1S/C18H15N3O3S/c22-18(14-5-2-1-3-6-14)20-15-8-10-17(11-9-15)25(23,24)21-16-7-4-12-19-13-16/h1-13,21H,(H,20,22). The molecule has 0 atom stereocenters. The zero-order valence-corrected chi connectivity index (χ0v) is 13.9. The van der Waals surface area contributed by atoms with Crippen molar-refractivity contribution in [1.29, 1.82) is 0 Å². The fourth-order valence-electron chi connectivity index (χ4n) is 2.15. The summed E-state index contributed by atoms with van der Waals surface area (Å²) in [4.78, 5) is 16.0. The van der Waals surface area contributed by atoms with Crippen LogP contribution in [-0.2, 0) is 10.0 Å². The SMILES string of the molecule is O=C(Nc1ccc(S(=O)(=O)Nc2cccnc2)cc1)c1ccccc1. The highest BCUT2D eigenvalue weighted by Crippen LogP contribution is 2.18. The van der Waals surface area contributed by atoms with E-state index in [9.17, 15) is 13.2 Å². The van der Waals surface area contributed by atoms with Gasteiger partial charge in [0.2, 0.25) is 0 Å². The molecule has 3 rings (SSSR count). The highest BCUT2D eigenvalue weighted by atomic mass is 32.2. The zero-order chi connectivity index (χ0) is 17.7. The molecular formula is C18H15N3O3S. The lowest BCUT2D eigenvalue weighted by Gasteiger charge is -2.09. The van der Waals surface area contributed by atoms with Crippen molar-refractivity contribution in [2.75, 3.05) is 10.0 Å². The number of sulfonamides is 1. The highest BCUT2D eigenvalue weighted by Gasteiger charge is 2.14. The van der Waals surface area contributed by atoms with Crippen LogP contribution < -0.4 is 10.0 Å². The van der Waals surface area contributed by atoms with Gasteiger partial charge in [-0.2, -0.15) is 0 Å². The van der Waals surface area contributed by atoms with Crippen LogP contribution in [0.5, 0.6) is 0 Å². The van der Waals surface area contributed by atoms with Gasteiger partial charge in [-0.3, -0.25) is 14.5 Å². The maximum absolute atomic E-state index is 12.3. The first kappa shape index (κ1) is 16.7. The lowest BCUT2D eigenvalue weighted by Crippen LogP contribution is -2.14. The summed E-state index contributed by atoms with van der Waals surface area (Å²) < 4.78 is 27.1. The number of benzene rings is 2. The lowest BCUT2D eigenvalue weighted by atomic mass is 10.2. The number of nitrogens with one attached hydrogen (secondary N) is 2. The summed E-state index contributed by atoms with van der Waals surface area (Å²) in [6.07, 6.45) is 2.98. The van der Waals surface area contributed by atoms with Crippen LogP contribution in [0.15, 0.2) is 84.0 Å². The Morgan fingerprint density at radius 3 is 2.20 bits per heavy atom. The smallest absolute Gasteiger partial charge is 0.261 e. The van der Waals surface area contributed by atoms with E-state index < -0.39 is 10.0 Å². The van der Waals surface area contributed by atoms with Gasteiger partial charge in [-0.15, -0.1) is 0 Å². The maximum Gasteiger partial charge on any atom is 0.261 e. The Morgan fingerprint density at radius 1 is 0.840 bits per heavy atom. The van der Waals surface area contributed by atoms with Crippen molar-refractivity contribution in [2.45, 2.75) is 4.90 Å². The molecular weight excluding hydrogens is 338 g/mol. The second-order valence-electron chi connectivity index (χ2n) is 5.19. The average Bonchev–Trinajstić information content (AvgIpc) is 2.63. The van der Waals surface area contributed by atoms with Gasteiger partial charge in [0.15, 0.2) is 0 Å². The van der Waals surface area contributed by atoms with E-state index in [2.05, 4.69) is 15.0 Å². The second-order valence-corrected chi connectivity index (χ2v) is 6.87. The molecule has 0 spiro atoms. The Labute approximate surface area is 145 Å². The molecule has 25 heavy (non-hydrogen) atoms. The second kappa shape index (κ2) is 7.14. The number of rotatable bonds is 5. The number of carbonyl (C=O) groups excluding carboxylic acids is 1. The number of nitrogens with zero attached hydrogens (tertiary/aromatic N) is 1. The summed E-state index contributed by atoms with van der Waals surface area (Å²) in [6, 6.07) is 18.0. The van der Waals surface area contributed by atoms with E-state index in [-0.39, 0.29) is 10.8 Å². The van der Waals surface area contributed by atoms with Crippen LogP contribution >= 0.6 is 0 Å². The van der Waals surface area contributed by atoms with Crippen LogP contribution in [0.25, 0.3) is 0 Å². The first-order valence-electron chi connectivity index (χ1n) is 7.44. The van der Waals surface area contributed by atoms with Gasteiger partial charge in [-0.05, 0) is 48.5 Å². The third kappa shape index (κ3) is 4.21. The first-order chi connectivity index (χ1) is 12.0. The predicted molar refractivity (Wildman–Crippen MR) is 95.9 cm³/mol. The molecule has 0 fully saturated rings. The minimum Gasteiger partial charge on any atom is -0.322 e. The maximum atomic E-state index is 12.3. The van der Waals surface area contributed by atoms with E-state index in [1.165, 1.54) is 18.3 Å². The molecule has 0 aliphatic heterocycles. The minimum absolute atomic E-state index is 0.0917. The summed E-state index contributed by atoms with van der Waals surface area (Å²) >= 11 is 0. The van der Waals surface area contributed by atoms with Crippen molar-refractivity contribution in [3.8, 4) is 0 Å². The number of hydrogen-bond acceptors (Lipinski definition) is 4. The number of hydrogen-bond donors (Lipinski definition) is 2. The van der Waals surface area contributed by atoms with Gasteiger partial charge in [-0.25, -0.2) is 8.42 Å². The molecule has 0 bridgehead atoms. The number of carbonyl (C=O) groups is 1. The molecule has 0 saturated heterocycles. The third-order valence-electron chi connectivity index (χ3n) is 3.37. The van der Waals surface area contributed by atoms with Crippen molar-refractivity contribution in [1.82, 2.24) is 4.98 Å². The van der Waals surface area contributed by atoms with Crippen molar-refractivity contribution in [3.05, 3.63) is 84.7 Å². The summed E-state index contributed by atoms with van der Waals surface area (Å²) in [5.74, 6) is -0.260. The Balaban J connectivity index is 1.72. The van der Waals surface area contributed by atoms with Gasteiger partial charge in [0.25, 0.3) is 15.9 Å². The lowest BCUT2D eigenvalue weighted by molar-refractivity contribution is 0.102. The molecule has 2 aromatic carbocycles.